The number of fused-ring (bicyclic) bond motifs is 1. The molecule has 0 atom stereocenters. The van der Waals surface area contributed by atoms with Crippen molar-refractivity contribution in [2.24, 2.45) is 0 Å². The van der Waals surface area contributed by atoms with Crippen LogP contribution in [-0.2, 0) is 4.79 Å². The molecule has 0 aliphatic heterocycles. The highest BCUT2D eigenvalue weighted by Gasteiger charge is 2.14. The minimum Gasteiger partial charge on any atom is -0.496 e. The van der Waals surface area contributed by atoms with E-state index in [1.165, 1.54) is 0 Å². The van der Waals surface area contributed by atoms with Crippen molar-refractivity contribution in [2.45, 2.75) is 0 Å². The molecule has 1 amide bonds. The van der Waals surface area contributed by atoms with Gasteiger partial charge in [0.15, 0.2) is 0 Å². The van der Waals surface area contributed by atoms with Crippen molar-refractivity contribution in [3.63, 3.8) is 0 Å². The van der Waals surface area contributed by atoms with Crippen LogP contribution in [0.2, 0.25) is 0 Å². The summed E-state index contributed by atoms with van der Waals surface area (Å²) in [5.74, 6) is 0.416. The Labute approximate surface area is 166 Å². The second-order valence-electron chi connectivity index (χ2n) is 6.46. The molecule has 3 aromatic carbocycles. The number of carbonyl (C=O) groups is 1. The minimum atomic E-state index is -0.287. The van der Waals surface area contributed by atoms with Crippen LogP contribution in [0.5, 0.6) is 5.75 Å². The zero-order valence-corrected chi connectivity index (χ0v) is 15.7. The largest absolute Gasteiger partial charge is 0.496 e. The summed E-state index contributed by atoms with van der Waals surface area (Å²) in [5, 5.41) is 2.92. The number of methoxy groups -OCH3 is 1. The molecule has 0 spiro atoms. The Bertz CT molecular complexity index is 1250. The van der Waals surface area contributed by atoms with Gasteiger partial charge in [0.25, 0.3) is 5.91 Å². The van der Waals surface area contributed by atoms with Crippen molar-refractivity contribution >= 4 is 34.3 Å². The molecule has 3 N–H and O–H groups in total. The average Bonchev–Trinajstić information content (AvgIpc) is 3.12. The van der Waals surface area contributed by atoms with Crippen LogP contribution in [0.25, 0.3) is 22.7 Å². The third-order valence-electron chi connectivity index (χ3n) is 4.54. The molecule has 0 saturated carbocycles. The molecular weight excluding hydrogens is 366 g/mol. The summed E-state index contributed by atoms with van der Waals surface area (Å²) in [6.45, 7) is 0. The lowest BCUT2D eigenvalue weighted by Gasteiger charge is -2.11. The lowest BCUT2D eigenvalue weighted by atomic mass is 10.0. The SMILES string of the molecule is COc1ccccc1/C=C(/C(=O)Nc1ccc2[nH]c(=O)[nH]c2c1)c1ccccc1. The van der Waals surface area contributed by atoms with Crippen LogP contribution >= 0.6 is 0 Å². The molecule has 0 aliphatic carbocycles. The van der Waals surface area contributed by atoms with Gasteiger partial charge in [0, 0.05) is 16.8 Å². The first kappa shape index (κ1) is 18.3. The van der Waals surface area contributed by atoms with Crippen molar-refractivity contribution in [3.05, 3.63) is 94.4 Å². The highest BCUT2D eigenvalue weighted by molar-refractivity contribution is 6.29. The Morgan fingerprint density at radius 2 is 1.66 bits per heavy atom. The maximum Gasteiger partial charge on any atom is 0.323 e. The van der Waals surface area contributed by atoms with E-state index in [-0.39, 0.29) is 11.6 Å². The zero-order chi connectivity index (χ0) is 20.2. The van der Waals surface area contributed by atoms with Crippen molar-refractivity contribution in [1.29, 1.82) is 0 Å². The normalized spacial score (nSPS) is 11.4. The van der Waals surface area contributed by atoms with E-state index < -0.39 is 0 Å². The van der Waals surface area contributed by atoms with Crippen LogP contribution in [0.4, 0.5) is 5.69 Å². The van der Waals surface area contributed by atoms with Crippen LogP contribution in [0, 0.1) is 0 Å². The van der Waals surface area contributed by atoms with Gasteiger partial charge in [-0.05, 0) is 35.9 Å². The number of imidazole rings is 1. The van der Waals surface area contributed by atoms with Crippen molar-refractivity contribution < 1.29 is 9.53 Å². The predicted octanol–water partition coefficient (Wildman–Crippen LogP) is 4.04. The molecule has 0 unspecified atom stereocenters. The van der Waals surface area contributed by atoms with E-state index in [1.807, 2.05) is 54.6 Å². The molecule has 144 valence electrons. The van der Waals surface area contributed by atoms with Crippen molar-refractivity contribution in [2.75, 3.05) is 12.4 Å². The number of anilines is 1. The highest BCUT2D eigenvalue weighted by atomic mass is 16.5. The molecule has 1 heterocycles. The molecule has 6 nitrogen and oxygen atoms in total. The van der Waals surface area contributed by atoms with Crippen LogP contribution in [0.3, 0.4) is 0 Å². The molecule has 6 heteroatoms. The molecule has 4 aromatic rings. The van der Waals surface area contributed by atoms with Gasteiger partial charge in [-0.25, -0.2) is 4.79 Å². The van der Waals surface area contributed by atoms with Crippen LogP contribution in [0.15, 0.2) is 77.6 Å². The quantitative estimate of drug-likeness (QED) is 0.358. The van der Waals surface area contributed by atoms with Gasteiger partial charge in [0.2, 0.25) is 0 Å². The lowest BCUT2D eigenvalue weighted by molar-refractivity contribution is -0.111. The maximum absolute atomic E-state index is 13.2. The van der Waals surface area contributed by atoms with Crippen LogP contribution in [0.1, 0.15) is 11.1 Å². The number of H-pyrrole nitrogens is 2. The molecule has 29 heavy (non-hydrogen) atoms. The third kappa shape index (κ3) is 3.96. The maximum atomic E-state index is 13.2. The topological polar surface area (TPSA) is 87.0 Å². The summed E-state index contributed by atoms with van der Waals surface area (Å²) < 4.78 is 5.42. The summed E-state index contributed by atoms with van der Waals surface area (Å²) in [5.41, 5.74) is 3.69. The Hall–Kier alpha value is -4.06. The number of aromatic nitrogens is 2. The fourth-order valence-corrected chi connectivity index (χ4v) is 3.15. The van der Waals surface area contributed by atoms with Crippen LogP contribution < -0.4 is 15.7 Å². The molecule has 0 bridgehead atoms. The number of carbonyl (C=O) groups excluding carboxylic acids is 1. The third-order valence-corrected chi connectivity index (χ3v) is 4.54. The van der Waals surface area contributed by atoms with Gasteiger partial charge in [-0.2, -0.15) is 0 Å². The fourth-order valence-electron chi connectivity index (χ4n) is 3.15. The first-order chi connectivity index (χ1) is 14.1. The van der Waals surface area contributed by atoms with E-state index in [0.717, 1.165) is 11.1 Å². The van der Waals surface area contributed by atoms with Gasteiger partial charge in [-0.15, -0.1) is 0 Å². The van der Waals surface area contributed by atoms with Crippen molar-refractivity contribution in [1.82, 2.24) is 9.97 Å². The molecule has 1 aromatic heterocycles. The molecule has 0 radical (unpaired) electrons. The molecule has 0 aliphatic rings. The number of para-hydroxylation sites is 1. The Balaban J connectivity index is 1.73. The first-order valence-corrected chi connectivity index (χ1v) is 9.07. The Morgan fingerprint density at radius 3 is 2.45 bits per heavy atom. The summed E-state index contributed by atoms with van der Waals surface area (Å²) in [4.78, 5) is 30.0. The molecule has 0 saturated heterocycles. The second kappa shape index (κ2) is 7.90. The number of rotatable bonds is 5. The minimum absolute atomic E-state index is 0.265. The van der Waals surface area contributed by atoms with E-state index in [9.17, 15) is 9.59 Å². The highest BCUT2D eigenvalue weighted by Crippen LogP contribution is 2.26. The smallest absolute Gasteiger partial charge is 0.323 e. The number of ether oxygens (including phenoxy) is 1. The van der Waals surface area contributed by atoms with Gasteiger partial charge >= 0.3 is 5.69 Å². The average molecular weight is 385 g/mol. The molecule has 4 rings (SSSR count). The summed E-state index contributed by atoms with van der Waals surface area (Å²) in [7, 11) is 1.60. The van der Waals surface area contributed by atoms with E-state index in [4.69, 9.17) is 4.74 Å². The molecular formula is C23H19N3O3. The summed E-state index contributed by atoms with van der Waals surface area (Å²) in [6.07, 6.45) is 1.81. The van der Waals surface area contributed by atoms with Gasteiger partial charge < -0.3 is 20.0 Å². The number of benzene rings is 3. The molecule has 0 fully saturated rings. The standard InChI is InChI=1S/C23H19N3O3/c1-29-21-10-6-5-9-16(21)13-18(15-7-3-2-4-8-15)22(27)24-17-11-12-19-20(14-17)26-23(28)25-19/h2-14H,1H3,(H,24,27)(H2,25,26,28)/b18-13+. The number of hydrogen-bond acceptors (Lipinski definition) is 3. The lowest BCUT2D eigenvalue weighted by Crippen LogP contribution is -2.13. The van der Waals surface area contributed by atoms with E-state index >= 15 is 0 Å². The fraction of sp³-hybridized carbons (Fsp3) is 0.0435. The summed E-state index contributed by atoms with van der Waals surface area (Å²) >= 11 is 0. The van der Waals surface area contributed by atoms with E-state index in [1.54, 1.807) is 31.4 Å². The van der Waals surface area contributed by atoms with Gasteiger partial charge in [-0.1, -0.05) is 48.5 Å². The number of nitrogens with one attached hydrogen (secondary N) is 3. The number of aromatic amines is 2. The monoisotopic (exact) mass is 385 g/mol. The zero-order valence-electron chi connectivity index (χ0n) is 15.7. The Morgan fingerprint density at radius 1 is 0.931 bits per heavy atom. The van der Waals surface area contributed by atoms with Gasteiger partial charge in [-0.3, -0.25) is 4.79 Å². The second-order valence-corrected chi connectivity index (χ2v) is 6.46. The number of hydrogen-bond donors (Lipinski definition) is 3. The van der Waals surface area contributed by atoms with Crippen LogP contribution in [-0.4, -0.2) is 23.0 Å². The van der Waals surface area contributed by atoms with E-state index in [0.29, 0.717) is 28.0 Å². The van der Waals surface area contributed by atoms with E-state index in [2.05, 4.69) is 15.3 Å². The Kier molecular flexibility index (Phi) is 4.99. The van der Waals surface area contributed by atoms with Gasteiger partial charge in [0.1, 0.15) is 5.75 Å². The summed E-state index contributed by atoms with van der Waals surface area (Å²) in [6, 6.07) is 22.2. The number of amides is 1. The van der Waals surface area contributed by atoms with Crippen molar-refractivity contribution in [3.8, 4) is 5.75 Å². The predicted molar refractivity (Wildman–Crippen MR) is 115 cm³/mol. The van der Waals surface area contributed by atoms with Gasteiger partial charge in [0.05, 0.1) is 18.1 Å². The first-order valence-electron chi connectivity index (χ1n) is 9.07.